The number of aliphatic hydroxyl groups excluding tert-OH is 1. The molecular weight excluding hydrogens is 1360 g/mol. The molecule has 5 aliphatic rings. The number of amides is 16. The lowest BCUT2D eigenvalue weighted by Crippen LogP contribution is -2.60. The number of aliphatic hydroxyl groups is 1. The highest BCUT2D eigenvalue weighted by Crippen LogP contribution is 2.24. The molecule has 0 saturated carbocycles. The van der Waals surface area contributed by atoms with Gasteiger partial charge in [-0.15, -0.1) is 0 Å². The number of aliphatic carboxylic acids is 2. The number of carboxylic acids is 2. The summed E-state index contributed by atoms with van der Waals surface area (Å²) < 4.78 is 0. The van der Waals surface area contributed by atoms with Crippen molar-refractivity contribution in [3.63, 3.8) is 0 Å². The molecule has 5 fully saturated rings. The lowest BCUT2D eigenvalue weighted by atomic mass is 9.97. The van der Waals surface area contributed by atoms with Crippen molar-refractivity contribution < 1.29 is 102 Å². The number of rotatable bonds is 37. The number of primary amides is 2. The summed E-state index contributed by atoms with van der Waals surface area (Å²) >= 11 is 8.38. The number of hydrogen-bond donors (Lipinski definition) is 18. The van der Waals surface area contributed by atoms with E-state index in [1.807, 2.05) is 0 Å². The first-order chi connectivity index (χ1) is 47.3. The Morgan fingerprint density at radius 3 is 1.43 bits per heavy atom. The fraction of sp³-hybridized carbons (Fsp3) is 0.700. The second-order valence-electron chi connectivity index (χ2n) is 25.1. The Bertz CT molecular complexity index is 3090. The molecule has 5 rings (SSSR count). The number of nitrogens with one attached hydrogen (secondary N) is 11. The number of nitrogens with two attached hydrogens (primary N) is 2. The highest BCUT2D eigenvalue weighted by atomic mass is 32.1. The normalized spacial score (nSPS) is 21.4. The third-order valence-electron chi connectivity index (χ3n) is 17.9. The highest BCUT2D eigenvalue weighted by molar-refractivity contribution is 7.80. The lowest BCUT2D eigenvalue weighted by Gasteiger charge is -2.30. The molecule has 5 aliphatic heterocycles. The molecule has 100 heavy (non-hydrogen) atoms. The summed E-state index contributed by atoms with van der Waals surface area (Å²) in [5.74, 6) is -17.6. The first kappa shape index (κ1) is 81.8. The van der Waals surface area contributed by atoms with Crippen LogP contribution in [0, 0.1) is 5.92 Å². The summed E-state index contributed by atoms with van der Waals surface area (Å²) in [5.41, 5.74) is 10.5. The zero-order chi connectivity index (χ0) is 74.2. The maximum Gasteiger partial charge on any atom is 0.326 e. The van der Waals surface area contributed by atoms with Gasteiger partial charge in [-0.25, -0.2) is 4.79 Å². The van der Waals surface area contributed by atoms with Crippen molar-refractivity contribution in [2.24, 2.45) is 17.4 Å². The minimum atomic E-state index is -1.77. The average molecular weight is 1450 g/mol. The van der Waals surface area contributed by atoms with E-state index in [9.17, 15) is 102 Å². The van der Waals surface area contributed by atoms with Gasteiger partial charge in [-0.05, 0) is 90.0 Å². The smallest absolute Gasteiger partial charge is 0.326 e. The Labute approximate surface area is 586 Å². The molecule has 0 aromatic heterocycles. The van der Waals surface area contributed by atoms with Crippen molar-refractivity contribution in [1.82, 2.24) is 78.1 Å². The monoisotopic (exact) mass is 1450 g/mol. The zero-order valence-electron chi connectivity index (χ0n) is 55.8. The SMILES string of the molecule is CC[C@H](C)[C@H](NC(=O)[C@@H]1CCCN1C(=O)CNC(=O)[C@@H]1CCCN1C(=O)[C@H](CCC(=O)O)NC(=O)CNC(=O)[C@@H](NC(=O)[C@H](CS)NC(=O)[C@@H]1CCCN1C(=O)[C@H](CC(N)=O)NC(=O)[C@@H]1CCCN1)[C@@H](C)O)C(=O)N[C@@H](CS)C(=O)NCC(=O)N1CCC[C@H]1C(=O)N[C@@H](CC(N)=O)C(=O)O. The number of thiol groups is 2. The highest BCUT2D eigenvalue weighted by Gasteiger charge is 2.44. The van der Waals surface area contributed by atoms with Gasteiger partial charge in [-0.2, -0.15) is 25.3 Å². The predicted molar refractivity (Wildman–Crippen MR) is 353 cm³/mol. The van der Waals surface area contributed by atoms with Gasteiger partial charge in [0.25, 0.3) is 0 Å². The first-order valence-corrected chi connectivity index (χ1v) is 34.4. The molecule has 18 N–H and O–H groups in total. The van der Waals surface area contributed by atoms with Gasteiger partial charge >= 0.3 is 11.9 Å². The second kappa shape index (κ2) is 39.2. The van der Waals surface area contributed by atoms with Crippen LogP contribution in [-0.4, -0.2) is 284 Å². The molecule has 40 heteroatoms. The molecule has 0 aliphatic carbocycles. The Balaban J connectivity index is 1.12. The molecule has 14 atom stereocenters. The summed E-state index contributed by atoms with van der Waals surface area (Å²) in [4.78, 5) is 241. The number of carboxylic acid groups (broad SMARTS) is 2. The van der Waals surface area contributed by atoms with Crippen LogP contribution in [0.5, 0.6) is 0 Å². The Morgan fingerprint density at radius 2 is 0.940 bits per heavy atom. The maximum absolute atomic E-state index is 14.2. The maximum atomic E-state index is 14.2. The molecule has 0 radical (unpaired) electrons. The van der Waals surface area contributed by atoms with E-state index in [0.29, 0.717) is 45.1 Å². The van der Waals surface area contributed by atoms with Crippen LogP contribution < -0.4 is 70.0 Å². The largest absolute Gasteiger partial charge is 0.481 e. The second-order valence-corrected chi connectivity index (χ2v) is 25.8. The van der Waals surface area contributed by atoms with Gasteiger partial charge < -0.3 is 105 Å². The molecule has 0 bridgehead atoms. The van der Waals surface area contributed by atoms with Crippen LogP contribution in [-0.2, 0) is 86.3 Å². The Morgan fingerprint density at radius 1 is 0.480 bits per heavy atom. The van der Waals surface area contributed by atoms with E-state index < -0.39 is 236 Å². The summed E-state index contributed by atoms with van der Waals surface area (Å²) in [7, 11) is 0. The van der Waals surface area contributed by atoms with Gasteiger partial charge in [0.15, 0.2) is 0 Å². The van der Waals surface area contributed by atoms with E-state index in [-0.39, 0.29) is 69.8 Å². The number of nitrogens with zero attached hydrogens (tertiary/aromatic N) is 4. The zero-order valence-corrected chi connectivity index (χ0v) is 57.6. The average Bonchev–Trinajstić information content (AvgIpc) is 1.66. The summed E-state index contributed by atoms with van der Waals surface area (Å²) in [6.07, 6.45) is -0.652. The quantitative estimate of drug-likeness (QED) is 0.0257. The fourth-order valence-corrected chi connectivity index (χ4v) is 12.8. The van der Waals surface area contributed by atoms with Crippen LogP contribution in [0.4, 0.5) is 0 Å². The van der Waals surface area contributed by atoms with Crippen LogP contribution in [0.3, 0.4) is 0 Å². The van der Waals surface area contributed by atoms with E-state index in [4.69, 9.17) is 11.5 Å². The van der Waals surface area contributed by atoms with Crippen LogP contribution >= 0.6 is 25.3 Å². The molecule has 16 amide bonds. The predicted octanol–water partition coefficient (Wildman–Crippen LogP) is -8.57. The molecule has 38 nitrogen and oxygen atoms in total. The number of likely N-dealkylation sites (tertiary alicyclic amines) is 4. The molecule has 5 saturated heterocycles. The molecule has 0 aromatic rings. The van der Waals surface area contributed by atoms with E-state index in [1.165, 1.54) is 4.90 Å². The molecule has 0 spiro atoms. The number of carbonyl (C=O) groups is 18. The minimum absolute atomic E-state index is 0.0440. The van der Waals surface area contributed by atoms with Crippen molar-refractivity contribution >= 4 is 132 Å². The first-order valence-electron chi connectivity index (χ1n) is 33.1. The molecule has 5 heterocycles. The Kier molecular flexibility index (Phi) is 32.0. The van der Waals surface area contributed by atoms with E-state index in [0.717, 1.165) is 21.6 Å². The van der Waals surface area contributed by atoms with E-state index >= 15 is 0 Å². The van der Waals surface area contributed by atoms with Gasteiger partial charge in [0, 0.05) is 44.1 Å². The van der Waals surface area contributed by atoms with Crippen molar-refractivity contribution in [3.8, 4) is 0 Å². The van der Waals surface area contributed by atoms with Crippen LogP contribution in [0.2, 0.25) is 0 Å². The van der Waals surface area contributed by atoms with Crippen LogP contribution in [0.1, 0.15) is 117 Å². The van der Waals surface area contributed by atoms with Crippen molar-refractivity contribution in [1.29, 1.82) is 0 Å². The van der Waals surface area contributed by atoms with Gasteiger partial charge in [0.05, 0.1) is 44.6 Å². The summed E-state index contributed by atoms with van der Waals surface area (Å²) in [5, 5.41) is 56.8. The van der Waals surface area contributed by atoms with Crippen LogP contribution in [0.15, 0.2) is 0 Å². The third kappa shape index (κ3) is 23.3. The van der Waals surface area contributed by atoms with Crippen molar-refractivity contribution in [2.45, 2.75) is 196 Å². The lowest BCUT2D eigenvalue weighted by molar-refractivity contribution is -0.145. The van der Waals surface area contributed by atoms with Gasteiger partial charge in [-0.1, -0.05) is 20.3 Å². The van der Waals surface area contributed by atoms with Crippen molar-refractivity contribution in [2.75, 3.05) is 63.9 Å². The van der Waals surface area contributed by atoms with Gasteiger partial charge in [0.1, 0.15) is 66.5 Å². The number of carbonyl (C=O) groups excluding carboxylic acids is 16. The minimum Gasteiger partial charge on any atom is -0.481 e. The van der Waals surface area contributed by atoms with Gasteiger partial charge in [0.2, 0.25) is 94.5 Å². The van der Waals surface area contributed by atoms with E-state index in [1.54, 1.807) is 13.8 Å². The topological polar surface area (TPSA) is 565 Å². The number of hydrogen-bond acceptors (Lipinski definition) is 22. The summed E-state index contributed by atoms with van der Waals surface area (Å²) in [6.45, 7) is 3.07. The summed E-state index contributed by atoms with van der Waals surface area (Å²) in [6, 6.07) is -15.7. The fourth-order valence-electron chi connectivity index (χ4n) is 12.3. The molecule has 0 aromatic carbocycles. The van der Waals surface area contributed by atoms with Crippen molar-refractivity contribution in [3.05, 3.63) is 0 Å². The molecular formula is C60H93N17O21S2. The van der Waals surface area contributed by atoms with Gasteiger partial charge in [-0.3, -0.25) is 81.5 Å². The van der Waals surface area contributed by atoms with Crippen LogP contribution in [0.25, 0.3) is 0 Å². The molecule has 556 valence electrons. The standard InChI is InChI=1S/C60H93N17O21S2/c1-4-29(2)47(57(94)71-35(27-99)49(86)65-25-44(82)74-18-6-12-38(74)53(90)69-34(60(97)98)23-42(62)80)72-55(92)39-13-7-19-75(39)45(83)26-66-52(89)37-11-8-20-76(37)58(95)32(15-16-46(84)85)67-43(81)24-64-56(93)48(30(3)78)73-51(88)36(28-100)70-54(91)40-14-9-21-77(40)59(96)33(22-41(61)79)68-50(87)31-10-5-17-63-31/h29-40,47-48,63,78,99-100H,4-28H2,1-3H3,(H2,61,79)(H2,62,80)(H,64,93)(H,65,86)(H,66,89)(H,67,81)(H,68,87)(H,69,90)(H,70,91)(H,71,94)(H,72,92)(H,73,88)(H,84,85)(H,97,98)/t29-,30+,31-,32-,33-,34-,35-,36-,37-,38-,39-,40-,47-,48-/m0/s1. The Hall–Kier alpha value is -8.92. The molecule has 0 unspecified atom stereocenters. The van der Waals surface area contributed by atoms with E-state index in [2.05, 4.69) is 83.7 Å². The third-order valence-corrected chi connectivity index (χ3v) is 18.6.